The van der Waals surface area contributed by atoms with Crippen LogP contribution < -0.4 is 10.5 Å². The van der Waals surface area contributed by atoms with E-state index in [1.165, 1.54) is 19.1 Å². The zero-order valence-corrected chi connectivity index (χ0v) is 14.0. The molecule has 0 atom stereocenters. The second kappa shape index (κ2) is 6.06. The molecule has 0 spiro atoms. The number of rotatable bonds is 5. The summed E-state index contributed by atoms with van der Waals surface area (Å²) in [6, 6.07) is 2.91. The number of anilines is 1. The molecule has 0 aliphatic heterocycles. The van der Waals surface area contributed by atoms with Crippen molar-refractivity contribution in [2.45, 2.75) is 17.4 Å². The lowest BCUT2D eigenvalue weighted by Crippen LogP contribution is -2.51. The summed E-state index contributed by atoms with van der Waals surface area (Å²) in [5.41, 5.74) is 4.64. The maximum absolute atomic E-state index is 12.3. The van der Waals surface area contributed by atoms with Crippen LogP contribution in [0.3, 0.4) is 0 Å². The number of aliphatic hydroxyl groups excluding tert-OH is 2. The third-order valence-corrected chi connectivity index (χ3v) is 5.88. The molecule has 0 fully saturated rings. The highest BCUT2D eigenvalue weighted by molar-refractivity contribution is 9.11. The van der Waals surface area contributed by atoms with Gasteiger partial charge in [0.25, 0.3) is 0 Å². The summed E-state index contributed by atoms with van der Waals surface area (Å²) in [5, 5.41) is 18.3. The predicted molar refractivity (Wildman–Crippen MR) is 79.2 cm³/mol. The van der Waals surface area contributed by atoms with Gasteiger partial charge in [0, 0.05) is 14.6 Å². The molecule has 0 saturated carbocycles. The first-order valence-corrected chi connectivity index (χ1v) is 8.22. The Labute approximate surface area is 128 Å². The predicted octanol–water partition coefficient (Wildman–Crippen LogP) is 0.815. The lowest BCUT2D eigenvalue weighted by atomic mass is 10.1. The molecule has 0 aliphatic carbocycles. The average Bonchev–Trinajstić information content (AvgIpc) is 2.26. The fourth-order valence-electron chi connectivity index (χ4n) is 1.33. The third-order valence-electron chi connectivity index (χ3n) is 2.37. The molecule has 0 bridgehead atoms. The minimum Gasteiger partial charge on any atom is -0.399 e. The number of nitrogens with one attached hydrogen (secondary N) is 1. The van der Waals surface area contributed by atoms with Gasteiger partial charge in [-0.3, -0.25) is 0 Å². The summed E-state index contributed by atoms with van der Waals surface area (Å²) in [4.78, 5) is -0.0465. The first kappa shape index (κ1) is 16.9. The van der Waals surface area contributed by atoms with Gasteiger partial charge in [-0.1, -0.05) is 0 Å². The number of nitrogens with two attached hydrogens (primary N) is 1. The Bertz CT molecular complexity index is 550. The van der Waals surface area contributed by atoms with E-state index in [4.69, 9.17) is 15.9 Å². The molecule has 0 unspecified atom stereocenters. The van der Waals surface area contributed by atoms with Crippen molar-refractivity contribution in [3.63, 3.8) is 0 Å². The first-order valence-electron chi connectivity index (χ1n) is 5.15. The summed E-state index contributed by atoms with van der Waals surface area (Å²) in [6.45, 7) is 0.323. The van der Waals surface area contributed by atoms with Crippen LogP contribution in [0.15, 0.2) is 26.0 Å². The molecule has 0 saturated heterocycles. The van der Waals surface area contributed by atoms with E-state index in [0.29, 0.717) is 5.69 Å². The largest absolute Gasteiger partial charge is 0.399 e. The van der Waals surface area contributed by atoms with Crippen LogP contribution in [0.5, 0.6) is 0 Å². The van der Waals surface area contributed by atoms with Crippen LogP contribution in [0.2, 0.25) is 0 Å². The van der Waals surface area contributed by atoms with Crippen LogP contribution in [0.1, 0.15) is 6.92 Å². The summed E-state index contributed by atoms with van der Waals surface area (Å²) in [5.74, 6) is 0. The van der Waals surface area contributed by atoms with Crippen LogP contribution in [-0.4, -0.2) is 37.4 Å². The molecular weight excluding hydrogens is 404 g/mol. The molecule has 1 rings (SSSR count). The lowest BCUT2D eigenvalue weighted by Gasteiger charge is -2.26. The van der Waals surface area contributed by atoms with Crippen molar-refractivity contribution in [2.75, 3.05) is 18.9 Å². The Balaban J connectivity index is 3.29. The van der Waals surface area contributed by atoms with E-state index in [0.717, 1.165) is 0 Å². The number of hydrogen-bond donors (Lipinski definition) is 4. The minimum absolute atomic E-state index is 0.0465. The summed E-state index contributed by atoms with van der Waals surface area (Å²) >= 11 is 6.26. The normalized spacial score (nSPS) is 12.7. The molecule has 1 aromatic carbocycles. The molecule has 0 radical (unpaired) electrons. The van der Waals surface area contributed by atoms with E-state index in [9.17, 15) is 8.42 Å². The highest BCUT2D eigenvalue weighted by Gasteiger charge is 2.32. The van der Waals surface area contributed by atoms with E-state index >= 15 is 0 Å². The van der Waals surface area contributed by atoms with Crippen molar-refractivity contribution in [2.24, 2.45) is 0 Å². The Morgan fingerprint density at radius 2 is 1.68 bits per heavy atom. The molecule has 0 heterocycles. The van der Waals surface area contributed by atoms with Crippen molar-refractivity contribution in [1.82, 2.24) is 4.72 Å². The molecule has 6 nitrogen and oxygen atoms in total. The van der Waals surface area contributed by atoms with E-state index < -0.39 is 28.8 Å². The topological polar surface area (TPSA) is 113 Å². The maximum atomic E-state index is 12.3. The van der Waals surface area contributed by atoms with Crippen molar-refractivity contribution in [3.05, 3.63) is 21.1 Å². The monoisotopic (exact) mass is 416 g/mol. The van der Waals surface area contributed by atoms with Crippen molar-refractivity contribution in [3.8, 4) is 0 Å². The second-order valence-corrected chi connectivity index (χ2v) is 7.62. The zero-order chi connectivity index (χ0) is 14.8. The molecule has 5 N–H and O–H groups in total. The summed E-state index contributed by atoms with van der Waals surface area (Å²) < 4.78 is 27.4. The molecular formula is C10H14Br2N2O4S. The van der Waals surface area contributed by atoms with Crippen LogP contribution in [0.25, 0.3) is 0 Å². The lowest BCUT2D eigenvalue weighted by molar-refractivity contribution is 0.121. The summed E-state index contributed by atoms with van der Waals surface area (Å²) in [7, 11) is -3.94. The van der Waals surface area contributed by atoms with Gasteiger partial charge in [0.15, 0.2) is 0 Å². The van der Waals surface area contributed by atoms with E-state index in [-0.39, 0.29) is 13.8 Å². The first-order chi connectivity index (χ1) is 8.65. The van der Waals surface area contributed by atoms with Gasteiger partial charge >= 0.3 is 0 Å². The highest BCUT2D eigenvalue weighted by Crippen LogP contribution is 2.32. The SMILES string of the molecule is CC(CO)(CO)NS(=O)(=O)c1c(Br)cc(N)cc1Br. The van der Waals surface area contributed by atoms with E-state index in [1.807, 2.05) is 0 Å². The van der Waals surface area contributed by atoms with Gasteiger partial charge in [-0.2, -0.15) is 0 Å². The summed E-state index contributed by atoms with van der Waals surface area (Å²) in [6.07, 6.45) is 0. The molecule has 1 aromatic rings. The van der Waals surface area contributed by atoms with Crippen molar-refractivity contribution < 1.29 is 18.6 Å². The fraction of sp³-hybridized carbons (Fsp3) is 0.400. The molecule has 0 aliphatic rings. The standard InChI is InChI=1S/C10H14Br2N2O4S/c1-10(4-15,5-16)14-19(17,18)9-7(11)2-6(13)3-8(9)12/h2-3,14-16H,4-5,13H2,1H3. The highest BCUT2D eigenvalue weighted by atomic mass is 79.9. The number of sulfonamides is 1. The Hall–Kier alpha value is -0.190. The van der Waals surface area contributed by atoms with Gasteiger partial charge in [0.2, 0.25) is 10.0 Å². The second-order valence-electron chi connectivity index (χ2n) is 4.30. The van der Waals surface area contributed by atoms with Gasteiger partial charge in [0.1, 0.15) is 4.90 Å². The molecule has 0 amide bonds. The number of aliphatic hydroxyl groups is 2. The van der Waals surface area contributed by atoms with Crippen LogP contribution in [0.4, 0.5) is 5.69 Å². The number of nitrogen functional groups attached to an aromatic ring is 1. The smallest absolute Gasteiger partial charge is 0.243 e. The van der Waals surface area contributed by atoms with Gasteiger partial charge in [0.05, 0.1) is 18.8 Å². The zero-order valence-electron chi connectivity index (χ0n) is 10.0. The van der Waals surface area contributed by atoms with Crippen LogP contribution >= 0.6 is 31.9 Å². The fourth-order valence-corrected chi connectivity index (χ4v) is 5.34. The molecule has 19 heavy (non-hydrogen) atoms. The molecule has 9 heteroatoms. The molecule has 108 valence electrons. The van der Waals surface area contributed by atoms with Gasteiger partial charge < -0.3 is 15.9 Å². The Kier molecular flexibility index (Phi) is 5.38. The third kappa shape index (κ3) is 3.89. The Morgan fingerprint density at radius 3 is 2.05 bits per heavy atom. The van der Waals surface area contributed by atoms with Gasteiger partial charge in [-0.05, 0) is 50.9 Å². The van der Waals surface area contributed by atoms with E-state index in [2.05, 4.69) is 36.6 Å². The Morgan fingerprint density at radius 1 is 1.26 bits per heavy atom. The van der Waals surface area contributed by atoms with E-state index in [1.54, 1.807) is 0 Å². The number of halogens is 2. The van der Waals surface area contributed by atoms with Crippen molar-refractivity contribution in [1.29, 1.82) is 0 Å². The number of benzene rings is 1. The van der Waals surface area contributed by atoms with Gasteiger partial charge in [-0.25, -0.2) is 13.1 Å². The molecule has 0 aromatic heterocycles. The quantitative estimate of drug-likeness (QED) is 0.529. The van der Waals surface area contributed by atoms with Gasteiger partial charge in [-0.15, -0.1) is 0 Å². The average molecular weight is 418 g/mol. The van der Waals surface area contributed by atoms with Crippen molar-refractivity contribution >= 4 is 47.6 Å². The van der Waals surface area contributed by atoms with Crippen LogP contribution in [0, 0.1) is 0 Å². The van der Waals surface area contributed by atoms with Crippen LogP contribution in [-0.2, 0) is 10.0 Å². The minimum atomic E-state index is -3.94. The maximum Gasteiger partial charge on any atom is 0.243 e. The number of hydrogen-bond acceptors (Lipinski definition) is 5.